The fraction of sp³-hybridized carbons (Fsp3) is 0.300. The quantitative estimate of drug-likeness (QED) is 0.0378. The Hall–Kier alpha value is -6.00. The molecule has 3 heterocycles. The van der Waals surface area contributed by atoms with Gasteiger partial charge in [-0.25, -0.2) is 9.78 Å². The van der Waals surface area contributed by atoms with Crippen molar-refractivity contribution in [2.45, 2.75) is 44.1 Å². The Kier molecular flexibility index (Phi) is 9.48. The average molecular weight is 732 g/mol. The summed E-state index contributed by atoms with van der Waals surface area (Å²) in [4.78, 5) is 46.4. The molecule has 13 heteroatoms. The minimum absolute atomic E-state index is 0.0191. The number of rotatable bonds is 13. The van der Waals surface area contributed by atoms with Gasteiger partial charge in [-0.15, -0.1) is 0 Å². The van der Waals surface area contributed by atoms with Crippen molar-refractivity contribution < 1.29 is 28.7 Å². The normalized spacial score (nSPS) is 13.4. The number of anilines is 2. The number of esters is 1. The highest BCUT2D eigenvalue weighted by atomic mass is 32.1. The van der Waals surface area contributed by atoms with Gasteiger partial charge in [-0.1, -0.05) is 36.7 Å². The molecule has 0 aliphatic carbocycles. The molecule has 2 aliphatic rings. The number of ketones is 1. The molecule has 0 unspecified atom stereocenters. The third-order valence-corrected chi connectivity index (χ3v) is 10.7. The van der Waals surface area contributed by atoms with Gasteiger partial charge in [0.2, 0.25) is 0 Å². The van der Waals surface area contributed by atoms with Gasteiger partial charge in [0.05, 0.1) is 22.6 Å². The van der Waals surface area contributed by atoms with Crippen LogP contribution in [0.3, 0.4) is 0 Å². The molecule has 0 saturated carbocycles. The molecular weight excluding hydrogens is 695 g/mol. The summed E-state index contributed by atoms with van der Waals surface area (Å²) >= 11 is 0.978. The maximum absolute atomic E-state index is 13.6. The lowest BCUT2D eigenvalue weighted by Gasteiger charge is -2.37. The Bertz CT molecular complexity index is 2270. The molecule has 5 aromatic rings. The second-order valence-corrected chi connectivity index (χ2v) is 14.5. The van der Waals surface area contributed by atoms with Crippen LogP contribution in [-0.2, 0) is 10.3 Å². The molecule has 1 aromatic heterocycles. The van der Waals surface area contributed by atoms with E-state index in [1.165, 1.54) is 6.07 Å². The summed E-state index contributed by atoms with van der Waals surface area (Å²) in [6, 6.07) is 22.0. The van der Waals surface area contributed by atoms with E-state index < -0.39 is 16.5 Å². The Labute approximate surface area is 310 Å². The molecule has 0 saturated heterocycles. The number of carbonyl (C=O) groups excluding carboxylic acids is 2. The van der Waals surface area contributed by atoms with Gasteiger partial charge in [-0.2, -0.15) is 5.26 Å². The third-order valence-electron chi connectivity index (χ3n) is 9.71. The molecule has 7 rings (SSSR count). The van der Waals surface area contributed by atoms with E-state index in [1.807, 2.05) is 86.5 Å². The van der Waals surface area contributed by atoms with E-state index in [2.05, 4.69) is 4.98 Å². The first kappa shape index (κ1) is 35.4. The molecule has 2 aliphatic heterocycles. The largest absolute Gasteiger partial charge is 0.487 e. The van der Waals surface area contributed by atoms with E-state index in [0.717, 1.165) is 42.0 Å². The minimum atomic E-state index is -1.28. The van der Waals surface area contributed by atoms with Crippen LogP contribution >= 0.6 is 11.3 Å². The van der Waals surface area contributed by atoms with Gasteiger partial charge in [0, 0.05) is 80.4 Å². The van der Waals surface area contributed by atoms with E-state index in [9.17, 15) is 19.7 Å². The number of nitrogens with zero attached hydrogens (tertiary/aromatic N) is 5. The van der Waals surface area contributed by atoms with Crippen molar-refractivity contribution >= 4 is 50.4 Å². The second kappa shape index (κ2) is 14.2. The van der Waals surface area contributed by atoms with Gasteiger partial charge in [0.15, 0.2) is 22.1 Å². The molecule has 12 nitrogen and oxygen atoms in total. The molecule has 0 atom stereocenters. The number of fused-ring (bicyclic) bond motifs is 7. The van der Waals surface area contributed by atoms with Crippen LogP contribution in [-0.4, -0.2) is 56.5 Å². The number of hydrogen-bond donors (Lipinski definition) is 0. The lowest BCUT2D eigenvalue weighted by Crippen LogP contribution is -2.33. The Morgan fingerprint density at radius 1 is 0.906 bits per heavy atom. The van der Waals surface area contributed by atoms with Crippen molar-refractivity contribution in [1.29, 1.82) is 5.26 Å². The number of hydrogen-bond acceptors (Lipinski definition) is 12. The van der Waals surface area contributed by atoms with E-state index >= 15 is 0 Å². The van der Waals surface area contributed by atoms with Gasteiger partial charge < -0.3 is 24.0 Å². The number of nitro groups is 1. The summed E-state index contributed by atoms with van der Waals surface area (Å²) in [6.45, 7) is 0.303. The first-order valence-corrected chi connectivity index (χ1v) is 18.2. The molecular formula is C40H37N5O7S. The average Bonchev–Trinajstić information content (AvgIpc) is 3.70. The van der Waals surface area contributed by atoms with Crippen LogP contribution in [0.5, 0.6) is 17.2 Å². The van der Waals surface area contributed by atoms with E-state index in [1.54, 1.807) is 18.2 Å². The maximum atomic E-state index is 13.6. The maximum Gasteiger partial charge on any atom is 0.340 e. The minimum Gasteiger partial charge on any atom is -0.487 e. The lowest BCUT2D eigenvalue weighted by atomic mass is 9.77. The highest BCUT2D eigenvalue weighted by Gasteiger charge is 2.54. The zero-order chi connectivity index (χ0) is 37.4. The lowest BCUT2D eigenvalue weighted by molar-refractivity contribution is -0.383. The van der Waals surface area contributed by atoms with Crippen LogP contribution in [0.15, 0.2) is 66.7 Å². The molecule has 0 amide bonds. The van der Waals surface area contributed by atoms with Gasteiger partial charge in [0.25, 0.3) is 0 Å². The van der Waals surface area contributed by atoms with Crippen LogP contribution in [0, 0.1) is 21.4 Å². The summed E-state index contributed by atoms with van der Waals surface area (Å²) in [5, 5.41) is 21.1. The third kappa shape index (κ3) is 6.40. The van der Waals surface area contributed by atoms with Gasteiger partial charge in [-0.05, 0) is 61.4 Å². The monoisotopic (exact) mass is 731 g/mol. The number of aromatic nitrogens is 1. The second-order valence-electron chi connectivity index (χ2n) is 13.5. The molecule has 4 aromatic carbocycles. The van der Waals surface area contributed by atoms with Crippen LogP contribution in [0.4, 0.5) is 17.1 Å². The van der Waals surface area contributed by atoms with Crippen molar-refractivity contribution in [3.63, 3.8) is 0 Å². The molecule has 0 radical (unpaired) electrons. The summed E-state index contributed by atoms with van der Waals surface area (Å²) in [7, 11) is 7.80. The number of thiazole rings is 1. The fourth-order valence-corrected chi connectivity index (χ4v) is 7.84. The van der Waals surface area contributed by atoms with Crippen LogP contribution in [0.25, 0.3) is 10.2 Å². The SMILES string of the molecule is CN(C)c1ccc2c(c1)Oc1cc(N(C)C)ccc1C21OC(=O)c2ccc(C(=O)CCCCCCCOc3ccc4nc(C#N)sc4c3[N+](=O)[O-])cc21. The molecule has 1 spiro atoms. The molecule has 0 fully saturated rings. The number of ether oxygens (including phenoxy) is 3. The number of carbonyl (C=O) groups is 2. The molecule has 0 N–H and O–H groups in total. The predicted molar refractivity (Wildman–Crippen MR) is 202 cm³/mol. The van der Waals surface area contributed by atoms with Gasteiger partial charge in [0.1, 0.15) is 22.3 Å². The number of nitriles is 1. The highest BCUT2D eigenvalue weighted by molar-refractivity contribution is 7.19. The van der Waals surface area contributed by atoms with E-state index in [-0.39, 0.29) is 22.2 Å². The zero-order valence-electron chi connectivity index (χ0n) is 29.8. The Morgan fingerprint density at radius 3 is 2.21 bits per heavy atom. The smallest absolute Gasteiger partial charge is 0.340 e. The number of benzene rings is 4. The summed E-state index contributed by atoms with van der Waals surface area (Å²) in [5.74, 6) is 0.844. The number of nitro benzene ring substituents is 1. The fourth-order valence-electron chi connectivity index (χ4n) is 6.97. The van der Waals surface area contributed by atoms with Crippen molar-refractivity contribution in [3.05, 3.63) is 110 Å². The van der Waals surface area contributed by atoms with Crippen molar-refractivity contribution in [3.8, 4) is 23.3 Å². The van der Waals surface area contributed by atoms with Gasteiger partial charge in [-0.3, -0.25) is 14.9 Å². The topological polar surface area (TPSA) is 148 Å². The predicted octanol–water partition coefficient (Wildman–Crippen LogP) is 8.38. The van der Waals surface area contributed by atoms with Crippen molar-refractivity contribution in [1.82, 2.24) is 4.98 Å². The van der Waals surface area contributed by atoms with Crippen molar-refractivity contribution in [2.24, 2.45) is 0 Å². The van der Waals surface area contributed by atoms with Crippen LogP contribution < -0.4 is 19.3 Å². The molecule has 53 heavy (non-hydrogen) atoms. The van der Waals surface area contributed by atoms with E-state index in [4.69, 9.17) is 19.5 Å². The molecule has 0 bridgehead atoms. The molecule has 270 valence electrons. The standard InChI is InChI=1S/C40H37N5O7S/c1-43(2)25-12-15-28-34(21-25)51-35-22-26(44(3)4)13-16-29(35)40(28)30-20-24(11-14-27(30)39(47)52-40)32(46)10-8-6-5-7-9-19-50-33-18-17-31-38(37(33)45(48)49)53-36(23-41)42-31/h11-18,20-22H,5-10,19H2,1-4H3. The number of unbranched alkanes of at least 4 members (excludes halogenated alkanes) is 4. The summed E-state index contributed by atoms with van der Waals surface area (Å²) < 4.78 is 18.9. The summed E-state index contributed by atoms with van der Waals surface area (Å²) in [5.41, 5.74) is 3.75. The highest BCUT2D eigenvalue weighted by Crippen LogP contribution is 2.57. The Morgan fingerprint density at radius 2 is 1.57 bits per heavy atom. The Balaban J connectivity index is 1.02. The van der Waals surface area contributed by atoms with E-state index in [0.29, 0.717) is 75.4 Å². The van der Waals surface area contributed by atoms with Crippen molar-refractivity contribution in [2.75, 3.05) is 44.6 Å². The number of Topliss-reactive ketones (excluding diaryl/α,β-unsaturated/α-hetero) is 1. The summed E-state index contributed by atoms with van der Waals surface area (Å²) in [6.07, 6.45) is 4.24. The zero-order valence-corrected chi connectivity index (χ0v) is 30.6. The first-order chi connectivity index (χ1) is 25.5. The van der Waals surface area contributed by atoms with Gasteiger partial charge >= 0.3 is 11.7 Å². The first-order valence-electron chi connectivity index (χ1n) is 17.3. The van der Waals surface area contributed by atoms with Crippen LogP contribution in [0.1, 0.15) is 80.9 Å². The van der Waals surface area contributed by atoms with Crippen LogP contribution in [0.2, 0.25) is 0 Å².